The van der Waals surface area contributed by atoms with Gasteiger partial charge in [0.25, 0.3) is 0 Å². The molecule has 5 fully saturated rings. The lowest BCUT2D eigenvalue weighted by molar-refractivity contribution is -0.125. The number of amides is 2. The van der Waals surface area contributed by atoms with Crippen molar-refractivity contribution in [2.24, 2.45) is 5.41 Å². The van der Waals surface area contributed by atoms with Crippen molar-refractivity contribution < 1.29 is 19.1 Å². The van der Waals surface area contributed by atoms with Crippen LogP contribution in [-0.2, 0) is 14.3 Å². The molecule has 3 atom stereocenters. The molecule has 1 spiro atoms. The van der Waals surface area contributed by atoms with Crippen LogP contribution in [0.3, 0.4) is 0 Å². The SMILES string of the molecule is CC(C)c1cnn2c(NC3CC4CCC(C3)N4C(=O)OC3CCN(C(=O)/C=C/CN(C)C)C3)cc(N3CC4(CCOCC4)C3)nc12. The van der Waals surface area contributed by atoms with E-state index in [0.717, 1.165) is 94.2 Å². The van der Waals surface area contributed by atoms with Gasteiger partial charge in [0.05, 0.1) is 12.7 Å². The predicted octanol–water partition coefficient (Wildman–Crippen LogP) is 3.73. The van der Waals surface area contributed by atoms with E-state index in [1.165, 1.54) is 0 Å². The molecule has 0 saturated carbocycles. The summed E-state index contributed by atoms with van der Waals surface area (Å²) in [5, 5.41) is 8.61. The van der Waals surface area contributed by atoms with Crippen LogP contribution in [0.1, 0.15) is 70.3 Å². The van der Waals surface area contributed by atoms with Crippen molar-refractivity contribution in [2.45, 2.75) is 88.9 Å². The number of likely N-dealkylation sites (N-methyl/N-ethyl adjacent to an activating group) is 1. The van der Waals surface area contributed by atoms with Crippen molar-refractivity contribution in [1.29, 1.82) is 0 Å². The molecular formula is C34H50N8O4. The van der Waals surface area contributed by atoms with Crippen LogP contribution >= 0.6 is 0 Å². The molecule has 5 aliphatic rings. The molecule has 46 heavy (non-hydrogen) atoms. The average molecular weight is 635 g/mol. The molecule has 12 nitrogen and oxygen atoms in total. The molecule has 5 aliphatic heterocycles. The molecule has 2 bridgehead atoms. The number of piperidine rings is 1. The number of fused-ring (bicyclic) bond motifs is 3. The number of nitrogens with zero attached hydrogens (tertiary/aromatic N) is 7. The Morgan fingerprint density at radius 2 is 1.89 bits per heavy atom. The van der Waals surface area contributed by atoms with Crippen LogP contribution in [0, 0.1) is 5.41 Å². The maximum Gasteiger partial charge on any atom is 0.410 e. The third-order valence-electron chi connectivity index (χ3n) is 10.8. The quantitative estimate of drug-likeness (QED) is 0.435. The van der Waals surface area contributed by atoms with Crippen molar-refractivity contribution in [1.82, 2.24) is 29.3 Å². The second kappa shape index (κ2) is 12.7. The number of ether oxygens (including phenoxy) is 2. The molecule has 0 aliphatic carbocycles. The van der Waals surface area contributed by atoms with Crippen LogP contribution in [-0.4, -0.2) is 126 Å². The first-order valence-corrected chi connectivity index (χ1v) is 17.2. The first-order chi connectivity index (χ1) is 22.2. The van der Waals surface area contributed by atoms with E-state index < -0.39 is 0 Å². The number of aromatic nitrogens is 3. The molecule has 0 aromatic carbocycles. The van der Waals surface area contributed by atoms with Gasteiger partial charge in [0.1, 0.15) is 17.7 Å². The Hall–Kier alpha value is -3.38. The summed E-state index contributed by atoms with van der Waals surface area (Å²) in [5.74, 6) is 2.28. The second-order valence-electron chi connectivity index (χ2n) is 14.8. The number of nitrogens with one attached hydrogen (secondary N) is 1. The monoisotopic (exact) mass is 634 g/mol. The van der Waals surface area contributed by atoms with Crippen LogP contribution in [0.25, 0.3) is 5.65 Å². The molecule has 5 saturated heterocycles. The minimum atomic E-state index is -0.255. The molecule has 7 heterocycles. The molecular weight excluding hydrogens is 584 g/mol. The van der Waals surface area contributed by atoms with Gasteiger partial charge in [0.2, 0.25) is 5.91 Å². The van der Waals surface area contributed by atoms with E-state index in [1.54, 1.807) is 11.0 Å². The summed E-state index contributed by atoms with van der Waals surface area (Å²) in [6.45, 7) is 9.93. The number of hydrogen-bond donors (Lipinski definition) is 1. The number of carbonyl (C=O) groups is 2. The molecule has 1 N–H and O–H groups in total. The van der Waals surface area contributed by atoms with Crippen LogP contribution in [0.5, 0.6) is 0 Å². The van der Waals surface area contributed by atoms with Gasteiger partial charge < -0.3 is 34.4 Å². The van der Waals surface area contributed by atoms with Gasteiger partial charge in [-0.2, -0.15) is 9.61 Å². The summed E-state index contributed by atoms with van der Waals surface area (Å²) in [6, 6.07) is 2.67. The third kappa shape index (κ3) is 6.17. The Balaban J connectivity index is 0.997. The summed E-state index contributed by atoms with van der Waals surface area (Å²) in [6.07, 6.45) is 11.6. The maximum absolute atomic E-state index is 13.5. The molecule has 2 amide bonds. The van der Waals surface area contributed by atoms with Crippen molar-refractivity contribution in [3.8, 4) is 0 Å². The highest BCUT2D eigenvalue weighted by Gasteiger charge is 2.46. The number of likely N-dealkylation sites (tertiary alicyclic amines) is 1. The number of carbonyl (C=O) groups excluding carboxylic acids is 2. The van der Waals surface area contributed by atoms with Crippen LogP contribution in [0.15, 0.2) is 24.4 Å². The molecule has 250 valence electrons. The number of anilines is 2. The van der Waals surface area contributed by atoms with Crippen molar-refractivity contribution >= 4 is 29.3 Å². The van der Waals surface area contributed by atoms with Gasteiger partial charge in [0, 0.05) is 87.1 Å². The summed E-state index contributed by atoms with van der Waals surface area (Å²) < 4.78 is 13.6. The molecule has 0 radical (unpaired) electrons. The Morgan fingerprint density at radius 1 is 1.15 bits per heavy atom. The molecule has 3 unspecified atom stereocenters. The maximum atomic E-state index is 13.5. The van der Waals surface area contributed by atoms with E-state index in [0.29, 0.717) is 30.8 Å². The lowest BCUT2D eigenvalue weighted by atomic mass is 9.73. The first kappa shape index (κ1) is 31.2. The van der Waals surface area contributed by atoms with Crippen LogP contribution < -0.4 is 10.2 Å². The highest BCUT2D eigenvalue weighted by molar-refractivity contribution is 5.87. The van der Waals surface area contributed by atoms with Crippen molar-refractivity contribution in [3.05, 3.63) is 30.0 Å². The minimum absolute atomic E-state index is 0.0179. The van der Waals surface area contributed by atoms with E-state index in [-0.39, 0.29) is 36.2 Å². The zero-order valence-corrected chi connectivity index (χ0v) is 27.9. The highest BCUT2D eigenvalue weighted by Crippen LogP contribution is 2.43. The zero-order chi connectivity index (χ0) is 32.0. The fraction of sp³-hybridized carbons (Fsp3) is 0.706. The van der Waals surface area contributed by atoms with Gasteiger partial charge in [-0.3, -0.25) is 4.79 Å². The first-order valence-electron chi connectivity index (χ1n) is 17.2. The third-order valence-corrected chi connectivity index (χ3v) is 10.8. The average Bonchev–Trinajstić information content (AvgIpc) is 3.72. The topological polar surface area (TPSA) is 108 Å². The molecule has 2 aromatic rings. The van der Waals surface area contributed by atoms with E-state index in [4.69, 9.17) is 19.6 Å². The fourth-order valence-electron chi connectivity index (χ4n) is 8.19. The number of rotatable bonds is 8. The smallest absolute Gasteiger partial charge is 0.410 e. The summed E-state index contributed by atoms with van der Waals surface area (Å²) in [4.78, 5) is 39.3. The van der Waals surface area contributed by atoms with E-state index in [1.807, 2.05) is 40.7 Å². The Bertz CT molecular complexity index is 1440. The minimum Gasteiger partial charge on any atom is -0.444 e. The highest BCUT2D eigenvalue weighted by atomic mass is 16.6. The fourth-order valence-corrected chi connectivity index (χ4v) is 8.19. The molecule has 7 rings (SSSR count). The van der Waals surface area contributed by atoms with E-state index >= 15 is 0 Å². The Kier molecular flexibility index (Phi) is 8.60. The Labute approximate surface area is 272 Å². The standard InChI is InChI=1S/C34H50N8O4/c1-23(2)28-19-35-42-30(18-29(37-32(28)42)40-21-34(22-40)10-14-45-15-11-34)36-24-16-25-7-8-26(17-24)41(25)33(44)46-27-9-13-39(20-27)31(43)6-5-12-38(3)4/h5-6,18-19,23-27,36H,7-17,20-22H2,1-4H3/b6-5+. The van der Waals surface area contributed by atoms with E-state index in [9.17, 15) is 9.59 Å². The lowest BCUT2D eigenvalue weighted by Gasteiger charge is -2.52. The second-order valence-corrected chi connectivity index (χ2v) is 14.8. The summed E-state index contributed by atoms with van der Waals surface area (Å²) >= 11 is 0. The molecule has 2 aromatic heterocycles. The van der Waals surface area contributed by atoms with Gasteiger partial charge in [-0.15, -0.1) is 0 Å². The largest absolute Gasteiger partial charge is 0.444 e. The Morgan fingerprint density at radius 3 is 2.59 bits per heavy atom. The number of hydrogen-bond acceptors (Lipinski definition) is 9. The van der Waals surface area contributed by atoms with Gasteiger partial charge in [-0.1, -0.05) is 19.9 Å². The summed E-state index contributed by atoms with van der Waals surface area (Å²) in [5.41, 5.74) is 2.43. The van der Waals surface area contributed by atoms with Gasteiger partial charge in [0.15, 0.2) is 5.65 Å². The predicted molar refractivity (Wildman–Crippen MR) is 176 cm³/mol. The van der Waals surface area contributed by atoms with Gasteiger partial charge in [-0.25, -0.2) is 9.78 Å². The van der Waals surface area contributed by atoms with Crippen LogP contribution in [0.4, 0.5) is 16.4 Å². The van der Waals surface area contributed by atoms with Crippen molar-refractivity contribution in [2.75, 3.05) is 70.2 Å². The normalized spacial score (nSPS) is 27.4. The van der Waals surface area contributed by atoms with Crippen LogP contribution in [0.2, 0.25) is 0 Å². The van der Waals surface area contributed by atoms with E-state index in [2.05, 4.69) is 30.1 Å². The molecule has 12 heteroatoms. The van der Waals surface area contributed by atoms with Crippen molar-refractivity contribution in [3.63, 3.8) is 0 Å². The zero-order valence-electron chi connectivity index (χ0n) is 27.9. The lowest BCUT2D eigenvalue weighted by Crippen LogP contribution is -2.58. The van der Waals surface area contributed by atoms with Gasteiger partial charge in [-0.05, 0) is 58.5 Å². The van der Waals surface area contributed by atoms with Gasteiger partial charge >= 0.3 is 6.09 Å². The summed E-state index contributed by atoms with van der Waals surface area (Å²) in [7, 11) is 3.94.